The number of hydrogen-bond acceptors (Lipinski definition) is 3. The number of aromatic nitrogens is 1. The molecule has 0 aliphatic carbocycles. The molecule has 1 aromatic heterocycles. The molecule has 0 spiro atoms. The third kappa shape index (κ3) is 2.93. The number of benzene rings is 1. The molecule has 5 heteroatoms. The molecule has 0 atom stereocenters. The zero-order valence-electron chi connectivity index (χ0n) is 10.6. The van der Waals surface area contributed by atoms with Gasteiger partial charge in [-0.3, -0.25) is 9.78 Å². The fourth-order valence-electron chi connectivity index (χ4n) is 1.66. The minimum atomic E-state index is -0.101. The van der Waals surface area contributed by atoms with Gasteiger partial charge in [-0.15, -0.1) is 0 Å². The molecule has 1 amide bonds. The van der Waals surface area contributed by atoms with Gasteiger partial charge in [-0.2, -0.15) is 0 Å². The van der Waals surface area contributed by atoms with Crippen molar-refractivity contribution in [2.24, 2.45) is 0 Å². The van der Waals surface area contributed by atoms with Crippen LogP contribution in [0.5, 0.6) is 5.75 Å². The van der Waals surface area contributed by atoms with Crippen LogP contribution in [0.4, 0.5) is 5.69 Å². The zero-order valence-corrected chi connectivity index (χ0v) is 12.2. The van der Waals surface area contributed by atoms with Gasteiger partial charge in [-0.1, -0.05) is 0 Å². The summed E-state index contributed by atoms with van der Waals surface area (Å²) in [5.74, 6) is 0.594. The molecule has 2 rings (SSSR count). The molecule has 0 bridgehead atoms. The predicted molar refractivity (Wildman–Crippen MR) is 77.7 cm³/mol. The first-order chi connectivity index (χ1) is 9.13. The van der Waals surface area contributed by atoms with Crippen LogP contribution >= 0.6 is 15.9 Å². The van der Waals surface area contributed by atoms with Crippen LogP contribution in [0.15, 0.2) is 47.2 Å². The van der Waals surface area contributed by atoms with Crippen molar-refractivity contribution in [1.29, 1.82) is 0 Å². The largest absolute Gasteiger partial charge is 0.496 e. The van der Waals surface area contributed by atoms with Crippen LogP contribution in [0.25, 0.3) is 0 Å². The van der Waals surface area contributed by atoms with Gasteiger partial charge in [0.25, 0.3) is 5.91 Å². The predicted octanol–water partition coefficient (Wildman–Crippen LogP) is 3.13. The minimum absolute atomic E-state index is 0.101. The van der Waals surface area contributed by atoms with Crippen LogP contribution in [-0.2, 0) is 0 Å². The maximum atomic E-state index is 12.3. The summed E-state index contributed by atoms with van der Waals surface area (Å²) in [7, 11) is 3.31. The normalized spacial score (nSPS) is 10.1. The van der Waals surface area contributed by atoms with E-state index in [4.69, 9.17) is 4.74 Å². The van der Waals surface area contributed by atoms with Gasteiger partial charge < -0.3 is 9.64 Å². The molecule has 0 fully saturated rings. The van der Waals surface area contributed by atoms with Crippen LogP contribution in [-0.4, -0.2) is 25.0 Å². The molecule has 0 N–H and O–H groups in total. The summed E-state index contributed by atoms with van der Waals surface area (Å²) in [6.45, 7) is 0. The Morgan fingerprint density at radius 2 is 2.16 bits per heavy atom. The van der Waals surface area contributed by atoms with Gasteiger partial charge in [0.1, 0.15) is 5.75 Å². The second-order valence-electron chi connectivity index (χ2n) is 3.92. The van der Waals surface area contributed by atoms with Crippen molar-refractivity contribution in [3.05, 3.63) is 52.8 Å². The molecule has 0 aliphatic rings. The fourth-order valence-corrected chi connectivity index (χ4v) is 2.20. The minimum Gasteiger partial charge on any atom is -0.496 e. The van der Waals surface area contributed by atoms with Gasteiger partial charge in [0, 0.05) is 18.8 Å². The molecule has 0 saturated carbocycles. The summed E-state index contributed by atoms with van der Waals surface area (Å²) in [5, 5.41) is 0. The third-order valence-corrected chi connectivity index (χ3v) is 3.36. The summed E-state index contributed by atoms with van der Waals surface area (Å²) < 4.78 is 5.89. The molecular weight excluding hydrogens is 308 g/mol. The summed E-state index contributed by atoms with van der Waals surface area (Å²) in [6.07, 6.45) is 3.32. The maximum Gasteiger partial charge on any atom is 0.258 e. The maximum absolute atomic E-state index is 12.3. The van der Waals surface area contributed by atoms with Crippen LogP contribution in [0, 0.1) is 0 Å². The molecule has 4 nitrogen and oxygen atoms in total. The number of carbonyl (C=O) groups excluding carboxylic acids is 1. The molecule has 98 valence electrons. The number of amides is 1. The second kappa shape index (κ2) is 5.84. The van der Waals surface area contributed by atoms with E-state index in [2.05, 4.69) is 20.9 Å². The summed E-state index contributed by atoms with van der Waals surface area (Å²) in [6, 6.07) is 8.87. The van der Waals surface area contributed by atoms with Gasteiger partial charge in [0.2, 0.25) is 0 Å². The Kier molecular flexibility index (Phi) is 4.16. The van der Waals surface area contributed by atoms with Crippen molar-refractivity contribution >= 4 is 27.5 Å². The average Bonchev–Trinajstić information content (AvgIpc) is 2.46. The molecule has 1 heterocycles. The molecule has 0 aliphatic heterocycles. The molecule has 0 unspecified atom stereocenters. The molecule has 0 radical (unpaired) electrons. The van der Waals surface area contributed by atoms with Gasteiger partial charge in [0.15, 0.2) is 0 Å². The quantitative estimate of drug-likeness (QED) is 0.872. The highest BCUT2D eigenvalue weighted by molar-refractivity contribution is 9.10. The Bertz CT molecular complexity index is 587. The first-order valence-electron chi connectivity index (χ1n) is 5.65. The summed E-state index contributed by atoms with van der Waals surface area (Å²) in [5.41, 5.74) is 1.33. The summed E-state index contributed by atoms with van der Waals surface area (Å²) in [4.78, 5) is 17.9. The van der Waals surface area contributed by atoms with E-state index in [0.29, 0.717) is 11.3 Å². The van der Waals surface area contributed by atoms with Crippen LogP contribution in [0.3, 0.4) is 0 Å². The number of ether oxygens (including phenoxy) is 1. The molecule has 19 heavy (non-hydrogen) atoms. The van der Waals surface area contributed by atoms with Crippen LogP contribution in [0.1, 0.15) is 10.4 Å². The first kappa shape index (κ1) is 13.5. The lowest BCUT2D eigenvalue weighted by Gasteiger charge is -2.17. The number of pyridine rings is 1. The smallest absolute Gasteiger partial charge is 0.258 e. The van der Waals surface area contributed by atoms with Crippen molar-refractivity contribution in [2.45, 2.75) is 0 Å². The van der Waals surface area contributed by atoms with Crippen molar-refractivity contribution in [3.63, 3.8) is 0 Å². The van der Waals surface area contributed by atoms with Crippen LogP contribution in [0.2, 0.25) is 0 Å². The molecule has 2 aromatic rings. The van der Waals surface area contributed by atoms with Gasteiger partial charge in [0.05, 0.1) is 23.5 Å². The number of anilines is 1. The number of carbonyl (C=O) groups is 1. The van der Waals surface area contributed by atoms with E-state index in [1.165, 1.54) is 0 Å². The SMILES string of the molecule is COc1ccc(C(=O)N(C)c2cccnc2)cc1Br. The Morgan fingerprint density at radius 1 is 1.37 bits per heavy atom. The Hall–Kier alpha value is -1.88. The summed E-state index contributed by atoms with van der Waals surface area (Å²) >= 11 is 3.37. The Morgan fingerprint density at radius 3 is 2.74 bits per heavy atom. The standard InChI is InChI=1S/C14H13BrN2O2/c1-17(11-4-3-7-16-9-11)14(18)10-5-6-13(19-2)12(15)8-10/h3-9H,1-2H3. The lowest BCUT2D eigenvalue weighted by molar-refractivity contribution is 0.0993. The highest BCUT2D eigenvalue weighted by Gasteiger charge is 2.14. The van der Waals surface area contributed by atoms with Crippen molar-refractivity contribution in [3.8, 4) is 5.75 Å². The van der Waals surface area contributed by atoms with E-state index >= 15 is 0 Å². The number of rotatable bonds is 3. The second-order valence-corrected chi connectivity index (χ2v) is 4.78. The number of hydrogen-bond donors (Lipinski definition) is 0. The molecule has 0 saturated heterocycles. The van der Waals surface area contributed by atoms with Crippen molar-refractivity contribution < 1.29 is 9.53 Å². The van der Waals surface area contributed by atoms with E-state index in [9.17, 15) is 4.79 Å². The topological polar surface area (TPSA) is 42.4 Å². The van der Waals surface area contributed by atoms with E-state index < -0.39 is 0 Å². The lowest BCUT2D eigenvalue weighted by Crippen LogP contribution is -2.26. The number of nitrogens with zero attached hydrogens (tertiary/aromatic N) is 2. The van der Waals surface area contributed by atoms with E-state index in [-0.39, 0.29) is 5.91 Å². The Balaban J connectivity index is 2.27. The van der Waals surface area contributed by atoms with Gasteiger partial charge in [-0.05, 0) is 46.3 Å². The monoisotopic (exact) mass is 320 g/mol. The molecular formula is C14H13BrN2O2. The van der Waals surface area contributed by atoms with E-state index in [1.54, 1.807) is 55.7 Å². The van der Waals surface area contributed by atoms with E-state index in [1.807, 2.05) is 6.07 Å². The first-order valence-corrected chi connectivity index (χ1v) is 6.44. The third-order valence-electron chi connectivity index (χ3n) is 2.74. The van der Waals surface area contributed by atoms with Crippen molar-refractivity contribution in [1.82, 2.24) is 4.98 Å². The van der Waals surface area contributed by atoms with Crippen LogP contribution < -0.4 is 9.64 Å². The number of methoxy groups -OCH3 is 1. The highest BCUT2D eigenvalue weighted by Crippen LogP contribution is 2.26. The molecule has 1 aromatic carbocycles. The van der Waals surface area contributed by atoms with E-state index in [0.717, 1.165) is 10.2 Å². The number of halogens is 1. The van der Waals surface area contributed by atoms with Gasteiger partial charge >= 0.3 is 0 Å². The lowest BCUT2D eigenvalue weighted by atomic mass is 10.2. The fraction of sp³-hybridized carbons (Fsp3) is 0.143. The van der Waals surface area contributed by atoms with Gasteiger partial charge in [-0.25, -0.2) is 0 Å². The average molecular weight is 321 g/mol. The highest BCUT2D eigenvalue weighted by atomic mass is 79.9. The Labute approximate surface area is 120 Å². The van der Waals surface area contributed by atoms with Crippen molar-refractivity contribution in [2.75, 3.05) is 19.1 Å². The zero-order chi connectivity index (χ0) is 13.8.